The third-order valence-corrected chi connectivity index (χ3v) is 10.9. The van der Waals surface area contributed by atoms with Gasteiger partial charge in [-0.15, -0.1) is 11.3 Å². The smallest absolute Gasteiger partial charge is 0.167 e. The number of aromatic nitrogens is 3. The number of para-hydroxylation sites is 3. The second-order valence-corrected chi connectivity index (χ2v) is 13.8. The number of furan rings is 2. The zero-order chi connectivity index (χ0) is 33.5. The zero-order valence-corrected chi connectivity index (χ0v) is 27.8. The molecule has 7 aromatic carbocycles. The van der Waals surface area contributed by atoms with Gasteiger partial charge in [0.15, 0.2) is 17.5 Å². The van der Waals surface area contributed by atoms with Crippen molar-refractivity contribution in [2.75, 3.05) is 0 Å². The first-order valence-electron chi connectivity index (χ1n) is 16.8. The fourth-order valence-corrected chi connectivity index (χ4v) is 8.47. The van der Waals surface area contributed by atoms with Gasteiger partial charge in [-0.25, -0.2) is 15.0 Å². The minimum atomic E-state index is 0.562. The van der Waals surface area contributed by atoms with Gasteiger partial charge in [-0.3, -0.25) is 0 Å². The quantitative estimate of drug-likeness (QED) is 0.186. The zero-order valence-electron chi connectivity index (χ0n) is 27.0. The predicted molar refractivity (Wildman–Crippen MR) is 209 cm³/mol. The van der Waals surface area contributed by atoms with Crippen molar-refractivity contribution in [2.24, 2.45) is 0 Å². The van der Waals surface area contributed by atoms with Crippen molar-refractivity contribution >= 4 is 75.4 Å². The van der Waals surface area contributed by atoms with Crippen LogP contribution in [0.15, 0.2) is 160 Å². The molecule has 0 atom stereocenters. The third-order valence-electron chi connectivity index (χ3n) is 9.76. The maximum Gasteiger partial charge on any atom is 0.167 e. The van der Waals surface area contributed by atoms with Gasteiger partial charge < -0.3 is 8.83 Å². The minimum Gasteiger partial charge on any atom is -0.455 e. The van der Waals surface area contributed by atoms with Crippen molar-refractivity contribution in [2.45, 2.75) is 0 Å². The van der Waals surface area contributed by atoms with E-state index < -0.39 is 0 Å². The summed E-state index contributed by atoms with van der Waals surface area (Å²) >= 11 is 1.78. The highest BCUT2D eigenvalue weighted by atomic mass is 32.1. The summed E-state index contributed by atoms with van der Waals surface area (Å²) in [5.74, 6) is 1.79. The van der Waals surface area contributed by atoms with Crippen LogP contribution in [0.5, 0.6) is 0 Å². The van der Waals surface area contributed by atoms with Crippen molar-refractivity contribution in [3.8, 4) is 45.3 Å². The molecule has 0 aliphatic carbocycles. The molecule has 0 aliphatic heterocycles. The van der Waals surface area contributed by atoms with Crippen LogP contribution in [0, 0.1) is 0 Å². The molecule has 6 heteroatoms. The fourth-order valence-electron chi connectivity index (χ4n) is 7.32. The monoisotopic (exact) mass is 671 g/mol. The Morgan fingerprint density at radius 2 is 0.941 bits per heavy atom. The lowest BCUT2D eigenvalue weighted by Crippen LogP contribution is -2.00. The maximum atomic E-state index is 6.72. The summed E-state index contributed by atoms with van der Waals surface area (Å²) in [6, 6.07) is 52.1. The molecule has 0 radical (unpaired) electrons. The van der Waals surface area contributed by atoms with Crippen molar-refractivity contribution in [1.29, 1.82) is 0 Å². The first-order valence-corrected chi connectivity index (χ1v) is 17.7. The van der Waals surface area contributed by atoms with Gasteiger partial charge in [0.1, 0.15) is 22.3 Å². The molecule has 0 spiro atoms. The van der Waals surface area contributed by atoms with Crippen LogP contribution in [0.1, 0.15) is 0 Å². The maximum absolute atomic E-state index is 6.72. The Hall–Kier alpha value is -6.63. The molecule has 238 valence electrons. The van der Waals surface area contributed by atoms with E-state index in [9.17, 15) is 0 Å². The van der Waals surface area contributed by atoms with Gasteiger partial charge in [0.05, 0.1) is 5.56 Å². The van der Waals surface area contributed by atoms with E-state index in [4.69, 9.17) is 23.8 Å². The molecule has 4 heterocycles. The van der Waals surface area contributed by atoms with E-state index in [1.54, 1.807) is 11.3 Å². The van der Waals surface area contributed by atoms with E-state index in [0.717, 1.165) is 71.7 Å². The predicted octanol–water partition coefficient (Wildman–Crippen LogP) is 12.7. The lowest BCUT2D eigenvalue weighted by molar-refractivity contribution is 0.668. The summed E-state index contributed by atoms with van der Waals surface area (Å²) in [7, 11) is 0. The number of fused-ring (bicyclic) bond motifs is 9. The van der Waals surface area contributed by atoms with Gasteiger partial charge in [-0.2, -0.15) is 0 Å². The highest BCUT2D eigenvalue weighted by Crippen LogP contribution is 2.41. The lowest BCUT2D eigenvalue weighted by atomic mass is 10.0. The van der Waals surface area contributed by atoms with Crippen LogP contribution in [0.2, 0.25) is 0 Å². The van der Waals surface area contributed by atoms with Gasteiger partial charge in [-0.05, 0) is 42.0 Å². The fraction of sp³-hybridized carbons (Fsp3) is 0. The largest absolute Gasteiger partial charge is 0.455 e. The van der Waals surface area contributed by atoms with Crippen molar-refractivity contribution in [3.05, 3.63) is 152 Å². The van der Waals surface area contributed by atoms with Crippen LogP contribution < -0.4 is 0 Å². The summed E-state index contributed by atoms with van der Waals surface area (Å²) < 4.78 is 15.6. The molecule has 11 rings (SSSR count). The average molecular weight is 672 g/mol. The molecule has 0 saturated carbocycles. The Bertz CT molecular complexity index is 3160. The topological polar surface area (TPSA) is 65.0 Å². The SMILES string of the molecule is c1ccc(-c2nc(-c3ccc4c(c3)sc3ccccc34)nc(-c3cccc4c3oc3cc(-c5cccc6c5oc5ccccc56)ccc34)n2)cc1. The Balaban J connectivity index is 1.09. The molecule has 4 aromatic heterocycles. The molecular formula is C45H25N3O2S. The van der Waals surface area contributed by atoms with E-state index in [1.165, 1.54) is 20.2 Å². The van der Waals surface area contributed by atoms with Crippen molar-refractivity contribution in [3.63, 3.8) is 0 Å². The molecule has 0 unspecified atom stereocenters. The van der Waals surface area contributed by atoms with E-state index in [2.05, 4.69) is 91.0 Å². The molecular weight excluding hydrogens is 647 g/mol. The molecule has 0 bridgehead atoms. The van der Waals surface area contributed by atoms with Gasteiger partial charge in [-0.1, -0.05) is 115 Å². The summed E-state index contributed by atoms with van der Waals surface area (Å²) in [5, 5.41) is 6.74. The highest BCUT2D eigenvalue weighted by Gasteiger charge is 2.19. The summed E-state index contributed by atoms with van der Waals surface area (Å²) in [5.41, 5.74) is 8.00. The van der Waals surface area contributed by atoms with Crippen molar-refractivity contribution < 1.29 is 8.83 Å². The van der Waals surface area contributed by atoms with Crippen molar-refractivity contribution in [1.82, 2.24) is 15.0 Å². The van der Waals surface area contributed by atoms with E-state index >= 15 is 0 Å². The minimum absolute atomic E-state index is 0.562. The normalized spacial score (nSPS) is 11.9. The third kappa shape index (κ3) is 4.43. The molecule has 0 amide bonds. The summed E-state index contributed by atoms with van der Waals surface area (Å²) in [4.78, 5) is 15.2. The Labute approximate surface area is 295 Å². The number of hydrogen-bond donors (Lipinski definition) is 0. The molecule has 11 aromatic rings. The van der Waals surface area contributed by atoms with Gasteiger partial charge in [0, 0.05) is 58.4 Å². The highest BCUT2D eigenvalue weighted by molar-refractivity contribution is 7.25. The van der Waals surface area contributed by atoms with Crippen LogP contribution in [-0.4, -0.2) is 15.0 Å². The van der Waals surface area contributed by atoms with Crippen LogP contribution in [-0.2, 0) is 0 Å². The number of nitrogens with zero attached hydrogens (tertiary/aromatic N) is 3. The molecule has 0 saturated heterocycles. The molecule has 51 heavy (non-hydrogen) atoms. The summed E-state index contributed by atoms with van der Waals surface area (Å²) in [6.07, 6.45) is 0. The Morgan fingerprint density at radius 1 is 0.353 bits per heavy atom. The van der Waals surface area contributed by atoms with E-state index in [0.29, 0.717) is 17.5 Å². The molecule has 5 nitrogen and oxygen atoms in total. The van der Waals surface area contributed by atoms with Gasteiger partial charge in [0.2, 0.25) is 0 Å². The van der Waals surface area contributed by atoms with Crippen LogP contribution in [0.3, 0.4) is 0 Å². The van der Waals surface area contributed by atoms with E-state index in [-0.39, 0.29) is 0 Å². The first kappa shape index (κ1) is 28.2. The second kappa shape index (κ2) is 10.9. The Morgan fingerprint density at radius 3 is 1.80 bits per heavy atom. The van der Waals surface area contributed by atoms with Crippen LogP contribution in [0.25, 0.3) is 109 Å². The summed E-state index contributed by atoms with van der Waals surface area (Å²) in [6.45, 7) is 0. The van der Waals surface area contributed by atoms with E-state index in [1.807, 2.05) is 60.7 Å². The molecule has 0 N–H and O–H groups in total. The van der Waals surface area contributed by atoms with Gasteiger partial charge >= 0.3 is 0 Å². The van der Waals surface area contributed by atoms with Crippen LogP contribution >= 0.6 is 11.3 Å². The lowest BCUT2D eigenvalue weighted by Gasteiger charge is -2.09. The van der Waals surface area contributed by atoms with Gasteiger partial charge in [0.25, 0.3) is 0 Å². The number of rotatable bonds is 4. The first-order chi connectivity index (χ1) is 25.2. The number of hydrogen-bond acceptors (Lipinski definition) is 6. The second-order valence-electron chi connectivity index (χ2n) is 12.8. The average Bonchev–Trinajstić information content (AvgIpc) is 3.88. The molecule has 0 fully saturated rings. The molecule has 0 aliphatic rings. The Kier molecular flexibility index (Phi) is 6.05. The number of benzene rings is 7. The number of thiophene rings is 1. The van der Waals surface area contributed by atoms with Crippen LogP contribution in [0.4, 0.5) is 0 Å². The standard InChI is InChI=1S/C45H25N3O2S/c1-2-10-26(11-3-1)43-46-44(28-21-23-33-32-13-5-7-19-39(32)51-40(33)25-28)48-45(47-43)36-17-9-16-35-31-22-20-27(24-38(31)50-42(35)36)29-14-8-15-34-30-12-4-6-18-37(30)49-41(29)34/h1-25H.